The number of hydrogen-bond acceptors (Lipinski definition) is 7. The number of unbranched alkanes of at least 4 members (excludes halogenated alkanes) is 1. The Labute approximate surface area is 183 Å². The summed E-state index contributed by atoms with van der Waals surface area (Å²) >= 11 is 6.13. The van der Waals surface area contributed by atoms with Crippen LogP contribution < -0.4 is 0 Å². The van der Waals surface area contributed by atoms with Crippen LogP contribution in [0.3, 0.4) is 0 Å². The molecule has 2 aromatic rings. The Morgan fingerprint density at radius 2 is 2.00 bits per heavy atom. The number of rotatable bonds is 8. The molecule has 31 heavy (non-hydrogen) atoms. The van der Waals surface area contributed by atoms with Crippen molar-refractivity contribution < 1.29 is 18.9 Å². The highest BCUT2D eigenvalue weighted by atomic mass is 35.5. The molecule has 0 unspecified atom stereocenters. The molecule has 1 aliphatic heterocycles. The lowest BCUT2D eigenvalue weighted by atomic mass is 10.0. The molecule has 0 spiro atoms. The molecule has 0 fully saturated rings. The van der Waals surface area contributed by atoms with Crippen LogP contribution in [0.25, 0.3) is 0 Å². The molecule has 2 aromatic carbocycles. The summed E-state index contributed by atoms with van der Waals surface area (Å²) in [5.41, 5.74) is 1.38. The third-order valence-electron chi connectivity index (χ3n) is 4.40. The van der Waals surface area contributed by atoms with Crippen molar-refractivity contribution in [1.82, 2.24) is 0 Å². The number of fused-ring (bicyclic) bond motifs is 1. The van der Waals surface area contributed by atoms with Gasteiger partial charge in [-0.2, -0.15) is 0 Å². The van der Waals surface area contributed by atoms with Gasteiger partial charge in [0.25, 0.3) is 0 Å². The Balaban J connectivity index is 1.96. The molecule has 0 aromatic heterocycles. The molecule has 0 bridgehead atoms. The monoisotopic (exact) mass is 446 g/mol. The van der Waals surface area contributed by atoms with Crippen LogP contribution >= 0.6 is 11.6 Å². The molecule has 8 nitrogen and oxygen atoms in total. The fourth-order valence-corrected chi connectivity index (χ4v) is 3.10. The van der Waals surface area contributed by atoms with Crippen molar-refractivity contribution in [2.45, 2.75) is 12.8 Å². The molecule has 0 atom stereocenters. The molecule has 1 heterocycles. The fraction of sp³-hybridized carbons (Fsp3) is 0.286. The molecule has 0 saturated carbocycles. The van der Waals surface area contributed by atoms with Crippen LogP contribution in [-0.4, -0.2) is 49.1 Å². The molecule has 10 heteroatoms. The number of aliphatic imine (C=N–C) groups is 2. The molecular weight excluding hydrogens is 427 g/mol. The smallest absolute Gasteiger partial charge is 0.385 e. The average molecular weight is 447 g/mol. The lowest BCUT2D eigenvalue weighted by Crippen LogP contribution is -2.26. The predicted octanol–water partition coefficient (Wildman–Crippen LogP) is 4.44. The van der Waals surface area contributed by atoms with Gasteiger partial charge in [0.05, 0.1) is 17.9 Å². The Hall–Kier alpha value is -3.17. The molecule has 0 amide bonds. The standard InChI is InChI=1S/C21H20ClFN4O4/c1-30-10-4-5-11-31-26-21(27(28)29)19-13-24-20(15-6-2-3-7-17(15)23)16-12-14(22)8-9-18(16)25-19/h2-3,6-9,12H,4-5,10-11,13H2,1H3/b26-21+. The number of methoxy groups -OCH3 is 1. The number of hydrogen-bond donors (Lipinski definition) is 0. The molecule has 0 N–H and O–H groups in total. The maximum atomic E-state index is 14.5. The van der Waals surface area contributed by atoms with Crippen LogP contribution in [0.2, 0.25) is 5.02 Å². The number of halogens is 2. The van der Waals surface area contributed by atoms with E-state index in [4.69, 9.17) is 21.2 Å². The summed E-state index contributed by atoms with van der Waals surface area (Å²) in [5, 5.41) is 15.7. The van der Waals surface area contributed by atoms with Crippen molar-refractivity contribution in [2.75, 3.05) is 26.9 Å². The minimum atomic E-state index is -0.673. The summed E-state index contributed by atoms with van der Waals surface area (Å²) in [6.45, 7) is 0.585. The highest BCUT2D eigenvalue weighted by Gasteiger charge is 2.27. The molecule has 0 radical (unpaired) electrons. The summed E-state index contributed by atoms with van der Waals surface area (Å²) < 4.78 is 19.4. The van der Waals surface area contributed by atoms with Crippen LogP contribution in [-0.2, 0) is 9.57 Å². The third-order valence-corrected chi connectivity index (χ3v) is 4.64. The Morgan fingerprint density at radius 1 is 1.23 bits per heavy atom. The molecular formula is C21H20ClFN4O4. The third kappa shape index (κ3) is 5.71. The molecule has 0 aliphatic carbocycles. The normalized spacial score (nSPS) is 13.7. The van der Waals surface area contributed by atoms with Crippen molar-refractivity contribution in [3.63, 3.8) is 0 Å². The average Bonchev–Trinajstić information content (AvgIpc) is 2.92. The Morgan fingerprint density at radius 3 is 2.74 bits per heavy atom. The second-order valence-corrected chi connectivity index (χ2v) is 7.01. The van der Waals surface area contributed by atoms with E-state index >= 15 is 0 Å². The molecule has 0 saturated heterocycles. The topological polar surface area (TPSA) is 98.7 Å². The van der Waals surface area contributed by atoms with Crippen molar-refractivity contribution in [3.05, 3.63) is 74.5 Å². The van der Waals surface area contributed by atoms with Crippen molar-refractivity contribution in [2.24, 2.45) is 15.1 Å². The summed E-state index contributed by atoms with van der Waals surface area (Å²) in [7, 11) is 1.59. The van der Waals surface area contributed by atoms with Gasteiger partial charge in [-0.05, 0) is 48.1 Å². The zero-order chi connectivity index (χ0) is 22.2. The minimum Gasteiger partial charge on any atom is -0.385 e. The van der Waals surface area contributed by atoms with E-state index in [9.17, 15) is 14.5 Å². The van der Waals surface area contributed by atoms with Gasteiger partial charge in [0, 0.05) is 29.9 Å². The van der Waals surface area contributed by atoms with Gasteiger partial charge in [-0.25, -0.2) is 9.38 Å². The largest absolute Gasteiger partial charge is 0.433 e. The number of ether oxygens (including phenoxy) is 1. The quantitative estimate of drug-likeness (QED) is 0.197. The number of benzene rings is 2. The van der Waals surface area contributed by atoms with Gasteiger partial charge in [0.1, 0.15) is 12.4 Å². The predicted molar refractivity (Wildman–Crippen MR) is 117 cm³/mol. The highest BCUT2D eigenvalue weighted by molar-refractivity contribution is 6.40. The first-order valence-corrected chi connectivity index (χ1v) is 9.89. The maximum Gasteiger partial charge on any atom is 0.433 e. The van der Waals surface area contributed by atoms with E-state index in [1.165, 1.54) is 6.07 Å². The van der Waals surface area contributed by atoms with Gasteiger partial charge in [-0.15, -0.1) is 0 Å². The van der Waals surface area contributed by atoms with Crippen LogP contribution in [0.5, 0.6) is 0 Å². The first kappa shape index (κ1) is 22.5. The summed E-state index contributed by atoms with van der Waals surface area (Å²) in [5.74, 6) is -1.02. The number of nitrogens with zero attached hydrogens (tertiary/aromatic N) is 4. The van der Waals surface area contributed by atoms with Crippen molar-refractivity contribution in [3.8, 4) is 0 Å². The van der Waals surface area contributed by atoms with E-state index in [1.54, 1.807) is 43.5 Å². The van der Waals surface area contributed by atoms with E-state index in [1.807, 2.05) is 0 Å². The zero-order valence-electron chi connectivity index (χ0n) is 16.8. The second kappa shape index (κ2) is 10.7. The van der Waals surface area contributed by atoms with E-state index < -0.39 is 16.6 Å². The van der Waals surface area contributed by atoms with E-state index in [0.29, 0.717) is 35.0 Å². The zero-order valence-corrected chi connectivity index (χ0v) is 17.5. The summed E-state index contributed by atoms with van der Waals surface area (Å²) in [4.78, 5) is 24.9. The lowest BCUT2D eigenvalue weighted by molar-refractivity contribution is -0.348. The first-order valence-electron chi connectivity index (χ1n) is 9.51. The first-order chi connectivity index (χ1) is 15.0. The molecule has 3 rings (SSSR count). The van der Waals surface area contributed by atoms with E-state index in [0.717, 1.165) is 6.42 Å². The SMILES string of the molecule is COCCCCO/N=C(\C1=Nc2ccc(Cl)cc2C(c2ccccc2F)=NC1)[N+](=O)[O-]. The number of nitro groups is 1. The van der Waals surface area contributed by atoms with Gasteiger partial charge in [-0.1, -0.05) is 23.7 Å². The number of oxime groups is 1. The number of amidine groups is 1. The van der Waals surface area contributed by atoms with Crippen molar-refractivity contribution in [1.29, 1.82) is 0 Å². The van der Waals surface area contributed by atoms with Gasteiger partial charge in [0.15, 0.2) is 10.9 Å². The second-order valence-electron chi connectivity index (χ2n) is 6.57. The Kier molecular flexibility index (Phi) is 7.80. The summed E-state index contributed by atoms with van der Waals surface area (Å²) in [6.07, 6.45) is 1.37. The van der Waals surface area contributed by atoms with Gasteiger partial charge >= 0.3 is 5.84 Å². The lowest BCUT2D eigenvalue weighted by Gasteiger charge is -2.09. The Bertz CT molecular complexity index is 1060. The van der Waals surface area contributed by atoms with Crippen LogP contribution in [0.1, 0.15) is 24.0 Å². The van der Waals surface area contributed by atoms with Crippen LogP contribution in [0.15, 0.2) is 57.6 Å². The van der Waals surface area contributed by atoms with Gasteiger partial charge < -0.3 is 14.9 Å². The van der Waals surface area contributed by atoms with Crippen molar-refractivity contribution >= 4 is 34.5 Å². The van der Waals surface area contributed by atoms with E-state index in [2.05, 4.69) is 15.1 Å². The maximum absolute atomic E-state index is 14.5. The van der Waals surface area contributed by atoms with Gasteiger partial charge in [0.2, 0.25) is 0 Å². The summed E-state index contributed by atoms with van der Waals surface area (Å²) in [6, 6.07) is 10.9. The highest BCUT2D eigenvalue weighted by Crippen LogP contribution is 2.29. The van der Waals surface area contributed by atoms with E-state index in [-0.39, 0.29) is 24.4 Å². The van der Waals surface area contributed by atoms with Crippen LogP contribution in [0, 0.1) is 15.9 Å². The van der Waals surface area contributed by atoms with Crippen LogP contribution in [0.4, 0.5) is 10.1 Å². The van der Waals surface area contributed by atoms with Gasteiger partial charge in [-0.3, -0.25) is 9.83 Å². The minimum absolute atomic E-state index is 0.00296. The molecule has 1 aliphatic rings. The molecule has 162 valence electrons. The fourth-order valence-electron chi connectivity index (χ4n) is 2.93.